The second kappa shape index (κ2) is 8.71. The molecule has 1 aliphatic carbocycles. The Hall–Kier alpha value is -0.490. The van der Waals surface area contributed by atoms with Crippen molar-refractivity contribution in [1.82, 2.24) is 9.80 Å². The molecule has 4 nitrogen and oxygen atoms in total. The number of nitrogens with zero attached hydrogens (tertiary/aromatic N) is 2. The fourth-order valence-corrected chi connectivity index (χ4v) is 6.75. The molecule has 0 radical (unpaired) electrons. The van der Waals surface area contributed by atoms with Crippen LogP contribution in [0.5, 0.6) is 0 Å². The Kier molecular flexibility index (Phi) is 6.46. The molecular weight excluding hydrogens is 355 g/mol. The van der Waals surface area contributed by atoms with Crippen molar-refractivity contribution in [3.63, 3.8) is 0 Å². The highest BCUT2D eigenvalue weighted by molar-refractivity contribution is 5.19. The molecule has 4 aliphatic rings. The molecule has 0 spiro atoms. The van der Waals surface area contributed by atoms with Gasteiger partial charge in [0, 0.05) is 37.2 Å². The highest BCUT2D eigenvalue weighted by Gasteiger charge is 2.48. The molecule has 0 aromatic heterocycles. The summed E-state index contributed by atoms with van der Waals surface area (Å²) >= 11 is 0. The summed E-state index contributed by atoms with van der Waals surface area (Å²) in [5.74, 6) is 0. The summed E-state index contributed by atoms with van der Waals surface area (Å²) in [6.45, 7) is 8.13. The summed E-state index contributed by atoms with van der Waals surface area (Å²) in [7, 11) is 1.86. The standard InChI is InChI=1S/C23H39FN2O2/c1-19(28-18-23-10-5-12-26(23)16-20(14-23)15-24)7-13-25-11-4-9-22(17-27-2)8-3-6-21(22)25/h15,19,21H,3-14,16-18H2,1-2H3/b20-15-. The lowest BCUT2D eigenvalue weighted by Crippen LogP contribution is -2.52. The zero-order valence-corrected chi connectivity index (χ0v) is 17.9. The Morgan fingerprint density at radius 2 is 2.00 bits per heavy atom. The van der Waals surface area contributed by atoms with Gasteiger partial charge < -0.3 is 9.47 Å². The molecule has 1 saturated carbocycles. The highest BCUT2D eigenvalue weighted by Crippen LogP contribution is 2.48. The third kappa shape index (κ3) is 3.92. The normalized spacial score (nSPS) is 38.8. The lowest BCUT2D eigenvalue weighted by Gasteiger charge is -2.46. The van der Waals surface area contributed by atoms with E-state index in [1.807, 2.05) is 7.11 Å². The third-order valence-electron chi connectivity index (χ3n) is 8.16. The Morgan fingerprint density at radius 3 is 2.82 bits per heavy atom. The van der Waals surface area contributed by atoms with Crippen LogP contribution < -0.4 is 0 Å². The van der Waals surface area contributed by atoms with Crippen LogP contribution in [0.25, 0.3) is 0 Å². The monoisotopic (exact) mass is 394 g/mol. The summed E-state index contributed by atoms with van der Waals surface area (Å²) in [4.78, 5) is 5.18. The fraction of sp³-hybridized carbons (Fsp3) is 0.913. The number of piperidine rings is 1. The van der Waals surface area contributed by atoms with Crippen molar-refractivity contribution in [2.75, 3.05) is 46.5 Å². The van der Waals surface area contributed by atoms with E-state index in [0.29, 0.717) is 11.5 Å². The van der Waals surface area contributed by atoms with E-state index in [2.05, 4.69) is 16.7 Å². The molecule has 0 N–H and O–H groups in total. The Balaban J connectivity index is 1.27. The number of rotatable bonds is 8. The van der Waals surface area contributed by atoms with Crippen molar-refractivity contribution in [3.8, 4) is 0 Å². The van der Waals surface area contributed by atoms with Crippen molar-refractivity contribution in [2.45, 2.75) is 82.4 Å². The van der Waals surface area contributed by atoms with E-state index in [1.165, 1.54) is 45.1 Å². The summed E-state index contributed by atoms with van der Waals surface area (Å²) in [5.41, 5.74) is 1.41. The van der Waals surface area contributed by atoms with Crippen LogP contribution in [0.2, 0.25) is 0 Å². The van der Waals surface area contributed by atoms with Crippen LogP contribution >= 0.6 is 0 Å². The maximum absolute atomic E-state index is 13.0. The molecule has 160 valence electrons. The van der Waals surface area contributed by atoms with Gasteiger partial charge in [0.25, 0.3) is 0 Å². The van der Waals surface area contributed by atoms with E-state index in [-0.39, 0.29) is 11.6 Å². The van der Waals surface area contributed by atoms with Crippen LogP contribution in [-0.4, -0.2) is 74.0 Å². The fourth-order valence-electron chi connectivity index (χ4n) is 6.75. The molecule has 3 saturated heterocycles. The second-order valence-corrected chi connectivity index (χ2v) is 9.95. The molecule has 0 aromatic rings. The van der Waals surface area contributed by atoms with Gasteiger partial charge in [0.15, 0.2) is 0 Å². The van der Waals surface area contributed by atoms with Gasteiger partial charge in [-0.3, -0.25) is 9.80 Å². The van der Waals surface area contributed by atoms with Crippen molar-refractivity contribution in [3.05, 3.63) is 11.9 Å². The first-order valence-electron chi connectivity index (χ1n) is 11.5. The van der Waals surface area contributed by atoms with Crippen molar-refractivity contribution in [1.29, 1.82) is 0 Å². The molecule has 3 aliphatic heterocycles. The number of fused-ring (bicyclic) bond motifs is 2. The van der Waals surface area contributed by atoms with E-state index in [4.69, 9.17) is 9.47 Å². The zero-order valence-electron chi connectivity index (χ0n) is 17.9. The number of likely N-dealkylation sites (tertiary alicyclic amines) is 1. The number of hydrogen-bond acceptors (Lipinski definition) is 4. The minimum atomic E-state index is 0.0659. The van der Waals surface area contributed by atoms with Crippen molar-refractivity contribution in [2.24, 2.45) is 5.41 Å². The molecule has 4 atom stereocenters. The van der Waals surface area contributed by atoms with Crippen LogP contribution in [0.3, 0.4) is 0 Å². The molecule has 0 aromatic carbocycles. The first-order valence-corrected chi connectivity index (χ1v) is 11.5. The van der Waals surface area contributed by atoms with E-state index < -0.39 is 0 Å². The third-order valence-corrected chi connectivity index (χ3v) is 8.16. The molecule has 4 unspecified atom stereocenters. The Morgan fingerprint density at radius 1 is 1.18 bits per heavy atom. The number of methoxy groups -OCH3 is 1. The Labute approximate surface area is 170 Å². The van der Waals surface area contributed by atoms with E-state index in [9.17, 15) is 4.39 Å². The number of halogens is 1. The van der Waals surface area contributed by atoms with Crippen LogP contribution in [0, 0.1) is 5.41 Å². The Bertz CT molecular complexity index is 567. The molecule has 5 heteroatoms. The molecule has 4 fully saturated rings. The van der Waals surface area contributed by atoms with Crippen molar-refractivity contribution < 1.29 is 13.9 Å². The smallest absolute Gasteiger partial charge is 0.0872 e. The number of hydrogen-bond donors (Lipinski definition) is 0. The summed E-state index contributed by atoms with van der Waals surface area (Å²) < 4.78 is 25.0. The van der Waals surface area contributed by atoms with E-state index in [1.54, 1.807) is 0 Å². The van der Waals surface area contributed by atoms with E-state index >= 15 is 0 Å². The van der Waals surface area contributed by atoms with Gasteiger partial charge in [-0.1, -0.05) is 6.42 Å². The molecule has 28 heavy (non-hydrogen) atoms. The van der Waals surface area contributed by atoms with E-state index in [0.717, 1.165) is 64.0 Å². The summed E-state index contributed by atoms with van der Waals surface area (Å²) in [6.07, 6.45) is 12.0. The van der Waals surface area contributed by atoms with Gasteiger partial charge in [-0.2, -0.15) is 0 Å². The highest BCUT2D eigenvalue weighted by atomic mass is 19.1. The lowest BCUT2D eigenvalue weighted by atomic mass is 9.75. The first kappa shape index (κ1) is 20.8. The molecule has 0 amide bonds. The van der Waals surface area contributed by atoms with Crippen LogP contribution in [0.4, 0.5) is 4.39 Å². The van der Waals surface area contributed by atoms with Gasteiger partial charge in [-0.15, -0.1) is 0 Å². The predicted molar refractivity (Wildman–Crippen MR) is 110 cm³/mol. The molecule has 4 rings (SSSR count). The summed E-state index contributed by atoms with van der Waals surface area (Å²) in [6, 6.07) is 0.699. The maximum atomic E-state index is 13.0. The predicted octanol–water partition coefficient (Wildman–Crippen LogP) is 4.15. The second-order valence-electron chi connectivity index (χ2n) is 9.95. The van der Waals surface area contributed by atoms with Gasteiger partial charge >= 0.3 is 0 Å². The number of ether oxygens (including phenoxy) is 2. The van der Waals surface area contributed by atoms with Crippen molar-refractivity contribution >= 4 is 0 Å². The average Bonchev–Trinajstić information content (AvgIpc) is 3.37. The van der Waals surface area contributed by atoms with Crippen LogP contribution in [-0.2, 0) is 9.47 Å². The largest absolute Gasteiger partial charge is 0.384 e. The average molecular weight is 395 g/mol. The van der Waals surface area contributed by atoms with Gasteiger partial charge in [-0.25, -0.2) is 4.39 Å². The molecule has 0 bridgehead atoms. The maximum Gasteiger partial charge on any atom is 0.0872 e. The zero-order chi connectivity index (χ0) is 19.6. The minimum absolute atomic E-state index is 0.0659. The summed E-state index contributed by atoms with van der Waals surface area (Å²) in [5, 5.41) is 0. The topological polar surface area (TPSA) is 24.9 Å². The SMILES string of the molecule is COCC12CCCC1N(CCC(C)OCC13CCCN1C/C(=C\F)C3)CCC2. The first-order chi connectivity index (χ1) is 13.6. The van der Waals surface area contributed by atoms with Gasteiger partial charge in [0.1, 0.15) is 0 Å². The van der Waals surface area contributed by atoms with Crippen LogP contribution in [0.15, 0.2) is 11.9 Å². The molecular formula is C23H39FN2O2. The quantitative estimate of drug-likeness (QED) is 0.617. The van der Waals surface area contributed by atoms with Gasteiger partial charge in [0.2, 0.25) is 0 Å². The lowest BCUT2D eigenvalue weighted by molar-refractivity contribution is -0.0374. The minimum Gasteiger partial charge on any atom is -0.384 e. The van der Waals surface area contributed by atoms with Gasteiger partial charge in [-0.05, 0) is 77.0 Å². The van der Waals surface area contributed by atoms with Crippen LogP contribution in [0.1, 0.15) is 64.7 Å². The molecule has 3 heterocycles. The van der Waals surface area contributed by atoms with Gasteiger partial charge in [0.05, 0.1) is 25.6 Å².